The molecule has 3 rings (SSSR count). The van der Waals surface area contributed by atoms with E-state index in [9.17, 15) is 4.79 Å². The van der Waals surface area contributed by atoms with Crippen LogP contribution in [-0.2, 0) is 13.5 Å². The van der Waals surface area contributed by atoms with Gasteiger partial charge in [-0.05, 0) is 40.2 Å². The summed E-state index contributed by atoms with van der Waals surface area (Å²) in [6, 6.07) is 11.7. The SMILES string of the molecule is Cn1c(CC(=O)c2ccc(Br)s2)nc2ccccc21. The predicted molar refractivity (Wildman–Crippen MR) is 80.8 cm³/mol. The molecule has 0 saturated carbocycles. The van der Waals surface area contributed by atoms with Crippen LogP contribution >= 0.6 is 27.3 Å². The number of benzene rings is 1. The molecule has 0 amide bonds. The topological polar surface area (TPSA) is 34.9 Å². The van der Waals surface area contributed by atoms with Gasteiger partial charge in [-0.1, -0.05) is 12.1 Å². The predicted octanol–water partition coefficient (Wildman–Crippen LogP) is 3.82. The van der Waals surface area contributed by atoms with Crippen LogP contribution in [0.1, 0.15) is 15.5 Å². The van der Waals surface area contributed by atoms with Crippen molar-refractivity contribution in [3.63, 3.8) is 0 Å². The van der Waals surface area contributed by atoms with Gasteiger partial charge in [0.25, 0.3) is 0 Å². The molecule has 0 fully saturated rings. The molecule has 0 bridgehead atoms. The van der Waals surface area contributed by atoms with Gasteiger partial charge in [0, 0.05) is 7.05 Å². The van der Waals surface area contributed by atoms with E-state index in [1.165, 1.54) is 11.3 Å². The van der Waals surface area contributed by atoms with Crippen LogP contribution in [0.15, 0.2) is 40.2 Å². The van der Waals surface area contributed by atoms with Crippen LogP contribution in [0.3, 0.4) is 0 Å². The van der Waals surface area contributed by atoms with Crippen LogP contribution in [-0.4, -0.2) is 15.3 Å². The number of para-hydroxylation sites is 2. The third kappa shape index (κ3) is 2.35. The number of fused-ring (bicyclic) bond motifs is 1. The molecule has 0 unspecified atom stereocenters. The highest BCUT2D eigenvalue weighted by molar-refractivity contribution is 9.11. The molecule has 3 aromatic rings. The van der Waals surface area contributed by atoms with Gasteiger partial charge in [0.1, 0.15) is 5.82 Å². The molecule has 19 heavy (non-hydrogen) atoms. The van der Waals surface area contributed by atoms with E-state index in [1.54, 1.807) is 0 Å². The van der Waals surface area contributed by atoms with Crippen LogP contribution in [0.4, 0.5) is 0 Å². The highest BCUT2D eigenvalue weighted by atomic mass is 79.9. The van der Waals surface area contributed by atoms with Crippen molar-refractivity contribution in [2.24, 2.45) is 7.05 Å². The number of rotatable bonds is 3. The van der Waals surface area contributed by atoms with Crippen molar-refractivity contribution in [2.45, 2.75) is 6.42 Å². The normalized spacial score (nSPS) is 11.1. The fourth-order valence-corrected chi connectivity index (χ4v) is 3.37. The van der Waals surface area contributed by atoms with Gasteiger partial charge in [0.05, 0.1) is 26.1 Å². The summed E-state index contributed by atoms with van der Waals surface area (Å²) in [5.41, 5.74) is 1.98. The van der Waals surface area contributed by atoms with Crippen molar-refractivity contribution in [3.05, 3.63) is 50.9 Å². The molecule has 5 heteroatoms. The summed E-state index contributed by atoms with van der Waals surface area (Å²) in [6.45, 7) is 0. The molecule has 2 aromatic heterocycles. The van der Waals surface area contributed by atoms with Crippen LogP contribution < -0.4 is 0 Å². The zero-order valence-electron chi connectivity index (χ0n) is 10.3. The fourth-order valence-electron chi connectivity index (χ4n) is 2.05. The second kappa shape index (κ2) is 4.90. The number of ketones is 1. The monoisotopic (exact) mass is 334 g/mol. The molecule has 1 aromatic carbocycles. The first-order valence-electron chi connectivity index (χ1n) is 5.84. The van der Waals surface area contributed by atoms with E-state index in [0.717, 1.165) is 25.5 Å². The van der Waals surface area contributed by atoms with Gasteiger partial charge in [0.15, 0.2) is 5.78 Å². The Kier molecular flexibility index (Phi) is 3.24. The number of aromatic nitrogens is 2. The number of carbonyl (C=O) groups excluding carboxylic acids is 1. The van der Waals surface area contributed by atoms with Gasteiger partial charge in [-0.3, -0.25) is 4.79 Å². The van der Waals surface area contributed by atoms with E-state index >= 15 is 0 Å². The summed E-state index contributed by atoms with van der Waals surface area (Å²) < 4.78 is 2.96. The van der Waals surface area contributed by atoms with Crippen molar-refractivity contribution in [2.75, 3.05) is 0 Å². The lowest BCUT2D eigenvalue weighted by Crippen LogP contribution is -2.06. The van der Waals surface area contributed by atoms with Crippen LogP contribution in [0.5, 0.6) is 0 Å². The molecule has 3 nitrogen and oxygen atoms in total. The third-order valence-corrected chi connectivity index (χ3v) is 4.71. The average Bonchev–Trinajstić information content (AvgIpc) is 2.96. The second-order valence-corrected chi connectivity index (χ2v) is 6.74. The minimum absolute atomic E-state index is 0.106. The van der Waals surface area contributed by atoms with E-state index in [2.05, 4.69) is 20.9 Å². The number of aryl methyl sites for hydroxylation is 1. The molecule has 0 radical (unpaired) electrons. The van der Waals surface area contributed by atoms with E-state index < -0.39 is 0 Å². The molecule has 2 heterocycles. The Hall–Kier alpha value is -1.46. The molecule has 96 valence electrons. The van der Waals surface area contributed by atoms with Crippen molar-refractivity contribution < 1.29 is 4.79 Å². The second-order valence-electron chi connectivity index (χ2n) is 4.28. The Morgan fingerprint density at radius 2 is 2.11 bits per heavy atom. The molecule has 0 spiro atoms. The minimum atomic E-state index is 0.106. The standard InChI is InChI=1S/C14H11BrN2OS/c1-17-10-5-3-2-4-9(10)16-14(17)8-11(18)12-6-7-13(15)19-12/h2-7H,8H2,1H3. The number of Topliss-reactive ketones (excluding diaryl/α,β-unsaturated/α-hetero) is 1. The van der Waals surface area contributed by atoms with Crippen LogP contribution in [0.25, 0.3) is 11.0 Å². The van der Waals surface area contributed by atoms with E-state index in [-0.39, 0.29) is 5.78 Å². The Bertz CT molecular complexity index is 760. The minimum Gasteiger partial charge on any atom is -0.331 e. The lowest BCUT2D eigenvalue weighted by atomic mass is 10.2. The average molecular weight is 335 g/mol. The smallest absolute Gasteiger partial charge is 0.180 e. The lowest BCUT2D eigenvalue weighted by molar-refractivity contribution is 0.0994. The Morgan fingerprint density at radius 3 is 2.79 bits per heavy atom. The molecule has 0 aliphatic carbocycles. The molecule has 0 saturated heterocycles. The maximum absolute atomic E-state index is 12.2. The largest absolute Gasteiger partial charge is 0.331 e. The summed E-state index contributed by atoms with van der Waals surface area (Å²) in [4.78, 5) is 17.5. The number of thiophene rings is 1. The van der Waals surface area contributed by atoms with Gasteiger partial charge < -0.3 is 4.57 Å². The highest BCUT2D eigenvalue weighted by Crippen LogP contribution is 2.24. The lowest BCUT2D eigenvalue weighted by Gasteiger charge is -2.00. The molecule has 0 aliphatic rings. The first-order valence-corrected chi connectivity index (χ1v) is 7.45. The number of hydrogen-bond acceptors (Lipinski definition) is 3. The fraction of sp³-hybridized carbons (Fsp3) is 0.143. The number of hydrogen-bond donors (Lipinski definition) is 0. The molecular formula is C14H11BrN2OS. The number of nitrogens with zero attached hydrogens (tertiary/aromatic N) is 2. The summed E-state index contributed by atoms with van der Waals surface area (Å²) in [7, 11) is 1.95. The zero-order chi connectivity index (χ0) is 13.4. The summed E-state index contributed by atoms with van der Waals surface area (Å²) in [5.74, 6) is 0.907. The number of carbonyl (C=O) groups is 1. The van der Waals surface area contributed by atoms with Crippen molar-refractivity contribution >= 4 is 44.1 Å². The quantitative estimate of drug-likeness (QED) is 0.682. The molecular weight excluding hydrogens is 324 g/mol. The zero-order valence-corrected chi connectivity index (χ0v) is 12.7. The van der Waals surface area contributed by atoms with Crippen molar-refractivity contribution in [3.8, 4) is 0 Å². The Balaban J connectivity index is 1.93. The number of imidazole rings is 1. The summed E-state index contributed by atoms with van der Waals surface area (Å²) >= 11 is 4.83. The van der Waals surface area contributed by atoms with Gasteiger partial charge in [-0.2, -0.15) is 0 Å². The van der Waals surface area contributed by atoms with Gasteiger partial charge >= 0.3 is 0 Å². The van der Waals surface area contributed by atoms with Crippen LogP contribution in [0.2, 0.25) is 0 Å². The van der Waals surface area contributed by atoms with Gasteiger partial charge in [-0.25, -0.2) is 4.98 Å². The van der Waals surface area contributed by atoms with E-state index in [0.29, 0.717) is 6.42 Å². The first-order chi connectivity index (χ1) is 9.15. The Labute approximate surface area is 123 Å². The van der Waals surface area contributed by atoms with Crippen molar-refractivity contribution in [1.82, 2.24) is 9.55 Å². The first kappa shape index (κ1) is 12.6. The van der Waals surface area contributed by atoms with E-state index in [1.807, 2.05) is 48.0 Å². The van der Waals surface area contributed by atoms with E-state index in [4.69, 9.17) is 0 Å². The number of halogens is 1. The van der Waals surface area contributed by atoms with Gasteiger partial charge in [-0.15, -0.1) is 11.3 Å². The third-order valence-electron chi connectivity index (χ3n) is 3.05. The molecule has 0 aliphatic heterocycles. The van der Waals surface area contributed by atoms with Crippen LogP contribution in [0, 0.1) is 0 Å². The van der Waals surface area contributed by atoms with Crippen molar-refractivity contribution in [1.29, 1.82) is 0 Å². The molecule has 0 atom stereocenters. The molecule has 0 N–H and O–H groups in total. The highest BCUT2D eigenvalue weighted by Gasteiger charge is 2.14. The Morgan fingerprint density at radius 1 is 1.32 bits per heavy atom. The maximum atomic E-state index is 12.2. The summed E-state index contributed by atoms with van der Waals surface area (Å²) in [5, 5.41) is 0. The van der Waals surface area contributed by atoms with Gasteiger partial charge in [0.2, 0.25) is 0 Å². The maximum Gasteiger partial charge on any atom is 0.180 e. The summed E-state index contributed by atoms with van der Waals surface area (Å²) in [6.07, 6.45) is 0.331.